The van der Waals surface area contributed by atoms with Crippen molar-refractivity contribution in [2.75, 3.05) is 39.8 Å². The number of guanidine groups is 1. The number of halogens is 5. The molecule has 1 unspecified atom stereocenters. The number of likely N-dealkylation sites (N-methyl/N-ethyl adjacent to an activating group) is 1. The highest BCUT2D eigenvalue weighted by Crippen LogP contribution is 2.35. The summed E-state index contributed by atoms with van der Waals surface area (Å²) in [6, 6.07) is 17.6. The number of nitrogens with zero attached hydrogens (tertiary/aromatic N) is 5. The fourth-order valence-corrected chi connectivity index (χ4v) is 6.00. The molecule has 2 aliphatic heterocycles. The van der Waals surface area contributed by atoms with Crippen LogP contribution in [-0.4, -0.2) is 74.7 Å². The predicted octanol–water partition coefficient (Wildman–Crippen LogP) is 5.81. The zero-order chi connectivity index (χ0) is 29.4. The number of rotatable bonds is 4. The molecule has 5 rings (SSSR count). The molecule has 0 N–H and O–H groups in total. The Morgan fingerprint density at radius 2 is 1.54 bits per heavy atom. The number of hydrazone groups is 1. The maximum atomic E-state index is 13.6. The van der Waals surface area contributed by atoms with Crippen molar-refractivity contribution in [3.05, 3.63) is 99.5 Å². The standard InChI is InChI=1S/C28H26Cl2F3N5O2S/c1-36-13-15-37(16-14-36)27(35-41(39,40)24-11-9-23(30)10-12-24)38-18-25(20-3-2-4-21(17-20)28(31,32)33)26(34-38)19-5-7-22(29)8-6-19/h2-12,17,25H,13-16,18H2,1H3/b35-27-. The van der Waals surface area contributed by atoms with E-state index in [0.29, 0.717) is 53.1 Å². The van der Waals surface area contributed by atoms with E-state index in [4.69, 9.17) is 28.3 Å². The van der Waals surface area contributed by atoms with Gasteiger partial charge in [-0.15, -0.1) is 4.40 Å². The van der Waals surface area contributed by atoms with E-state index >= 15 is 0 Å². The smallest absolute Gasteiger partial charge is 0.338 e. The number of sulfonamides is 1. The molecule has 7 nitrogen and oxygen atoms in total. The Labute approximate surface area is 246 Å². The minimum Gasteiger partial charge on any atom is -0.338 e. The molecule has 0 spiro atoms. The number of hydrogen-bond donors (Lipinski definition) is 0. The van der Waals surface area contributed by atoms with Crippen molar-refractivity contribution in [1.29, 1.82) is 0 Å². The van der Waals surface area contributed by atoms with Gasteiger partial charge in [0.2, 0.25) is 5.96 Å². The van der Waals surface area contributed by atoms with Gasteiger partial charge in [0.05, 0.1) is 22.7 Å². The lowest BCUT2D eigenvalue weighted by atomic mass is 9.89. The molecule has 0 bridgehead atoms. The van der Waals surface area contributed by atoms with E-state index in [2.05, 4.69) is 9.30 Å². The van der Waals surface area contributed by atoms with Crippen molar-refractivity contribution >= 4 is 44.9 Å². The van der Waals surface area contributed by atoms with Crippen LogP contribution >= 0.6 is 23.2 Å². The van der Waals surface area contributed by atoms with Crippen LogP contribution < -0.4 is 0 Å². The zero-order valence-electron chi connectivity index (χ0n) is 21.9. The van der Waals surface area contributed by atoms with Crippen LogP contribution in [0.5, 0.6) is 0 Å². The molecule has 0 amide bonds. The van der Waals surface area contributed by atoms with Crippen LogP contribution in [0.4, 0.5) is 13.2 Å². The average molecular weight is 625 g/mol. The van der Waals surface area contributed by atoms with Crippen molar-refractivity contribution in [1.82, 2.24) is 14.8 Å². The SMILES string of the molecule is CN1CCN(/C(=N/S(=O)(=O)c2ccc(Cl)cc2)N2CC(c3cccc(C(F)(F)F)c3)C(c3ccc(Cl)cc3)=N2)CC1. The Kier molecular flexibility index (Phi) is 8.34. The summed E-state index contributed by atoms with van der Waals surface area (Å²) >= 11 is 12.1. The highest BCUT2D eigenvalue weighted by Gasteiger charge is 2.37. The van der Waals surface area contributed by atoms with Crippen molar-refractivity contribution < 1.29 is 21.6 Å². The molecule has 1 saturated heterocycles. The van der Waals surface area contributed by atoms with Crippen molar-refractivity contribution in [3.63, 3.8) is 0 Å². The molecule has 3 aromatic rings. The first kappa shape index (κ1) is 29.4. The topological polar surface area (TPSA) is 68.6 Å². The first-order valence-corrected chi connectivity index (χ1v) is 14.9. The van der Waals surface area contributed by atoms with Crippen LogP contribution in [0.2, 0.25) is 10.0 Å². The molecule has 2 aliphatic rings. The van der Waals surface area contributed by atoms with Gasteiger partial charge in [-0.25, -0.2) is 5.01 Å². The predicted molar refractivity (Wildman–Crippen MR) is 154 cm³/mol. The van der Waals surface area contributed by atoms with Crippen LogP contribution in [0.25, 0.3) is 0 Å². The minimum absolute atomic E-state index is 0.0379. The van der Waals surface area contributed by atoms with E-state index in [1.165, 1.54) is 35.3 Å². The van der Waals surface area contributed by atoms with E-state index in [9.17, 15) is 21.6 Å². The van der Waals surface area contributed by atoms with E-state index in [0.717, 1.165) is 12.1 Å². The Hall–Kier alpha value is -3.12. The maximum Gasteiger partial charge on any atom is 0.416 e. The molecule has 2 heterocycles. The van der Waals surface area contributed by atoms with E-state index < -0.39 is 27.7 Å². The Bertz CT molecular complexity index is 1570. The van der Waals surface area contributed by atoms with Gasteiger partial charge < -0.3 is 9.80 Å². The molecule has 0 radical (unpaired) electrons. The molecule has 3 aromatic carbocycles. The van der Waals surface area contributed by atoms with Gasteiger partial charge in [-0.3, -0.25) is 0 Å². The summed E-state index contributed by atoms with van der Waals surface area (Å²) in [5.41, 5.74) is 0.751. The molecule has 216 valence electrons. The second-order valence-corrected chi connectivity index (χ2v) is 12.3. The van der Waals surface area contributed by atoms with Gasteiger partial charge >= 0.3 is 6.18 Å². The molecule has 0 aromatic heterocycles. The van der Waals surface area contributed by atoms with Crippen molar-refractivity contribution in [3.8, 4) is 0 Å². The van der Waals surface area contributed by atoms with Crippen LogP contribution in [0.3, 0.4) is 0 Å². The molecule has 1 atom stereocenters. The zero-order valence-corrected chi connectivity index (χ0v) is 24.2. The lowest BCUT2D eigenvalue weighted by molar-refractivity contribution is -0.137. The van der Waals surface area contributed by atoms with Crippen LogP contribution in [0.15, 0.2) is 87.2 Å². The normalized spacial score (nSPS) is 19.0. The second-order valence-electron chi connectivity index (χ2n) is 9.86. The maximum absolute atomic E-state index is 13.6. The number of piperazine rings is 1. The lowest BCUT2D eigenvalue weighted by Gasteiger charge is -2.36. The van der Waals surface area contributed by atoms with E-state index in [1.54, 1.807) is 30.3 Å². The molecular weight excluding hydrogens is 598 g/mol. The Morgan fingerprint density at radius 1 is 0.927 bits per heavy atom. The molecule has 13 heteroatoms. The molecular formula is C28H26Cl2F3N5O2S. The van der Waals surface area contributed by atoms with E-state index in [-0.39, 0.29) is 17.4 Å². The highest BCUT2D eigenvalue weighted by molar-refractivity contribution is 7.90. The lowest BCUT2D eigenvalue weighted by Crippen LogP contribution is -2.51. The average Bonchev–Trinajstić information content (AvgIpc) is 3.38. The summed E-state index contributed by atoms with van der Waals surface area (Å²) < 4.78 is 71.9. The quantitative estimate of drug-likeness (QED) is 0.271. The van der Waals surface area contributed by atoms with Gasteiger partial charge in [0.25, 0.3) is 10.0 Å². The largest absolute Gasteiger partial charge is 0.416 e. The number of alkyl halides is 3. The third-order valence-corrected chi connectivity index (χ3v) is 8.78. The van der Waals surface area contributed by atoms with Crippen LogP contribution in [0, 0.1) is 0 Å². The molecule has 0 saturated carbocycles. The molecule has 0 aliphatic carbocycles. The summed E-state index contributed by atoms with van der Waals surface area (Å²) in [5, 5.41) is 7.13. The van der Waals surface area contributed by atoms with Gasteiger partial charge in [0.15, 0.2) is 0 Å². The highest BCUT2D eigenvalue weighted by atomic mass is 35.5. The first-order chi connectivity index (χ1) is 19.4. The van der Waals surface area contributed by atoms with Crippen LogP contribution in [0.1, 0.15) is 22.6 Å². The Balaban J connectivity index is 1.61. The summed E-state index contributed by atoms with van der Waals surface area (Å²) in [6.45, 7) is 2.39. The molecule has 1 fully saturated rings. The summed E-state index contributed by atoms with van der Waals surface area (Å²) in [6.07, 6.45) is -4.52. The number of hydrogen-bond acceptors (Lipinski definition) is 4. The Morgan fingerprint density at radius 3 is 2.15 bits per heavy atom. The fraction of sp³-hybridized carbons (Fsp3) is 0.286. The molecule has 41 heavy (non-hydrogen) atoms. The van der Waals surface area contributed by atoms with Crippen molar-refractivity contribution in [2.24, 2.45) is 9.50 Å². The third kappa shape index (κ3) is 6.69. The van der Waals surface area contributed by atoms with Gasteiger partial charge in [-0.2, -0.15) is 26.7 Å². The number of benzene rings is 3. The minimum atomic E-state index is -4.52. The fourth-order valence-electron chi connectivity index (χ4n) is 4.74. The van der Waals surface area contributed by atoms with Gasteiger partial charge in [0.1, 0.15) is 0 Å². The van der Waals surface area contributed by atoms with Gasteiger partial charge in [-0.05, 0) is 60.6 Å². The third-order valence-electron chi connectivity index (χ3n) is 7.00. The monoisotopic (exact) mass is 623 g/mol. The van der Waals surface area contributed by atoms with Gasteiger partial charge in [-0.1, -0.05) is 53.5 Å². The summed E-state index contributed by atoms with van der Waals surface area (Å²) in [4.78, 5) is 3.91. The second kappa shape index (κ2) is 11.6. The summed E-state index contributed by atoms with van der Waals surface area (Å²) in [5.74, 6) is -0.497. The van der Waals surface area contributed by atoms with Crippen LogP contribution in [-0.2, 0) is 16.2 Å². The first-order valence-electron chi connectivity index (χ1n) is 12.7. The van der Waals surface area contributed by atoms with E-state index in [1.807, 2.05) is 11.9 Å². The van der Waals surface area contributed by atoms with Crippen molar-refractivity contribution in [2.45, 2.75) is 17.0 Å². The van der Waals surface area contributed by atoms with Gasteiger partial charge in [0, 0.05) is 42.1 Å². The summed E-state index contributed by atoms with van der Waals surface area (Å²) in [7, 11) is -2.21.